The fourth-order valence-corrected chi connectivity index (χ4v) is 2.33. The van der Waals surface area contributed by atoms with Crippen LogP contribution < -0.4 is 15.8 Å². The van der Waals surface area contributed by atoms with Gasteiger partial charge in [0.15, 0.2) is 0 Å². The van der Waals surface area contributed by atoms with Gasteiger partial charge in [-0.1, -0.05) is 0 Å². The maximum Gasteiger partial charge on any atom is 0.255 e. The Morgan fingerprint density at radius 1 is 1.24 bits per heavy atom. The average molecular weight is 343 g/mol. The number of nitrogen functional groups attached to an aromatic ring is 1. The van der Waals surface area contributed by atoms with Crippen molar-refractivity contribution in [1.29, 1.82) is 5.41 Å². The standard InChI is InChI=1S/C18H21N3O4/c1-11-9-13(22)10-15(23)16(11)18(24)21-7-2-8-25-14-5-3-12(4-6-14)17(19)20/h3-6,9-10,22-23H,2,7-8H2,1H3,(H3,19,20)(H,21,24). The molecule has 0 aromatic heterocycles. The fraction of sp³-hybridized carbons (Fsp3) is 0.222. The summed E-state index contributed by atoms with van der Waals surface area (Å²) in [7, 11) is 0. The summed E-state index contributed by atoms with van der Waals surface area (Å²) in [5.74, 6) is -0.0845. The van der Waals surface area contributed by atoms with E-state index in [4.69, 9.17) is 15.9 Å². The number of amidine groups is 1. The highest BCUT2D eigenvalue weighted by atomic mass is 16.5. The highest BCUT2D eigenvalue weighted by Gasteiger charge is 2.14. The van der Waals surface area contributed by atoms with Crippen LogP contribution >= 0.6 is 0 Å². The summed E-state index contributed by atoms with van der Waals surface area (Å²) >= 11 is 0. The minimum atomic E-state index is -0.402. The van der Waals surface area contributed by atoms with Gasteiger partial charge < -0.3 is 26.0 Å². The third kappa shape index (κ3) is 4.87. The number of hydrogen-bond acceptors (Lipinski definition) is 5. The van der Waals surface area contributed by atoms with Crippen LogP contribution in [0.15, 0.2) is 36.4 Å². The topological polar surface area (TPSA) is 129 Å². The second-order valence-corrected chi connectivity index (χ2v) is 5.55. The predicted octanol–water partition coefficient (Wildman–Crippen LogP) is 1.89. The lowest BCUT2D eigenvalue weighted by Gasteiger charge is -2.11. The molecule has 0 fully saturated rings. The first-order valence-electron chi connectivity index (χ1n) is 7.76. The summed E-state index contributed by atoms with van der Waals surface area (Å²) in [6, 6.07) is 9.42. The molecule has 7 nitrogen and oxygen atoms in total. The monoisotopic (exact) mass is 343 g/mol. The van der Waals surface area contributed by atoms with Crippen LogP contribution in [0.25, 0.3) is 0 Å². The Labute approximate surface area is 145 Å². The molecule has 0 radical (unpaired) electrons. The van der Waals surface area contributed by atoms with Crippen molar-refractivity contribution in [1.82, 2.24) is 5.32 Å². The van der Waals surface area contributed by atoms with Gasteiger partial charge in [0.05, 0.1) is 12.2 Å². The van der Waals surface area contributed by atoms with Crippen molar-refractivity contribution in [2.45, 2.75) is 13.3 Å². The summed E-state index contributed by atoms with van der Waals surface area (Å²) in [5, 5.41) is 29.2. The summed E-state index contributed by atoms with van der Waals surface area (Å²) in [4.78, 5) is 12.1. The van der Waals surface area contributed by atoms with Crippen LogP contribution in [0.2, 0.25) is 0 Å². The molecule has 0 heterocycles. The lowest BCUT2D eigenvalue weighted by atomic mass is 10.1. The Kier molecular flexibility index (Phi) is 5.84. The molecule has 0 atom stereocenters. The largest absolute Gasteiger partial charge is 0.508 e. The van der Waals surface area contributed by atoms with Crippen molar-refractivity contribution in [3.8, 4) is 17.2 Å². The van der Waals surface area contributed by atoms with Crippen molar-refractivity contribution in [2.24, 2.45) is 5.73 Å². The zero-order chi connectivity index (χ0) is 18.4. The number of phenolic OH excluding ortho intramolecular Hbond substituents is 2. The molecule has 1 amide bonds. The number of nitrogens with one attached hydrogen (secondary N) is 2. The van der Waals surface area contributed by atoms with Crippen LogP contribution in [-0.4, -0.2) is 35.1 Å². The summed E-state index contributed by atoms with van der Waals surface area (Å²) < 4.78 is 5.55. The molecular weight excluding hydrogens is 322 g/mol. The molecule has 0 unspecified atom stereocenters. The van der Waals surface area contributed by atoms with Crippen LogP contribution in [-0.2, 0) is 0 Å². The Bertz CT molecular complexity index is 749. The van der Waals surface area contributed by atoms with E-state index in [9.17, 15) is 15.0 Å². The first kappa shape index (κ1) is 18.1. The molecule has 6 N–H and O–H groups in total. The predicted molar refractivity (Wildman–Crippen MR) is 94.4 cm³/mol. The Morgan fingerprint density at radius 2 is 1.92 bits per heavy atom. The maximum atomic E-state index is 12.1. The first-order chi connectivity index (χ1) is 11.9. The number of carbonyl (C=O) groups excluding carboxylic acids is 1. The third-order valence-electron chi connectivity index (χ3n) is 3.57. The van der Waals surface area contributed by atoms with E-state index in [-0.39, 0.29) is 22.9 Å². The second-order valence-electron chi connectivity index (χ2n) is 5.55. The smallest absolute Gasteiger partial charge is 0.255 e. The summed E-state index contributed by atoms with van der Waals surface area (Å²) in [5.41, 5.74) is 6.66. The summed E-state index contributed by atoms with van der Waals surface area (Å²) in [6.07, 6.45) is 0.581. The number of amides is 1. The Hall–Kier alpha value is -3.22. The van der Waals surface area contributed by atoms with Crippen LogP contribution in [0.1, 0.15) is 27.9 Å². The highest BCUT2D eigenvalue weighted by molar-refractivity contribution is 5.98. The first-order valence-corrected chi connectivity index (χ1v) is 7.76. The Morgan fingerprint density at radius 3 is 2.52 bits per heavy atom. The van der Waals surface area contributed by atoms with E-state index in [0.717, 1.165) is 6.07 Å². The maximum absolute atomic E-state index is 12.1. The number of ether oxygens (including phenoxy) is 1. The van der Waals surface area contributed by atoms with E-state index < -0.39 is 5.91 Å². The molecule has 0 aliphatic heterocycles. The molecule has 0 aliphatic carbocycles. The SMILES string of the molecule is Cc1cc(O)cc(O)c1C(=O)NCCCOc1ccc(C(=N)N)cc1. The quantitative estimate of drug-likeness (QED) is 0.298. The molecule has 2 rings (SSSR count). The number of rotatable bonds is 7. The molecule has 0 saturated heterocycles. The Balaban J connectivity index is 1.78. The van der Waals surface area contributed by atoms with Gasteiger partial charge in [0.1, 0.15) is 23.1 Å². The van der Waals surface area contributed by atoms with E-state index in [2.05, 4.69) is 5.32 Å². The van der Waals surface area contributed by atoms with Crippen LogP contribution in [0, 0.1) is 12.3 Å². The molecule has 0 aliphatic rings. The number of nitrogens with two attached hydrogens (primary N) is 1. The zero-order valence-electron chi connectivity index (χ0n) is 13.9. The number of phenols is 2. The molecule has 0 bridgehead atoms. The number of benzene rings is 2. The van der Waals surface area contributed by atoms with Gasteiger partial charge in [0.2, 0.25) is 0 Å². The summed E-state index contributed by atoms with van der Waals surface area (Å²) in [6.45, 7) is 2.42. The number of aromatic hydroxyl groups is 2. The van der Waals surface area contributed by atoms with Gasteiger partial charge in [-0.25, -0.2) is 0 Å². The van der Waals surface area contributed by atoms with Crippen molar-refractivity contribution in [2.75, 3.05) is 13.2 Å². The molecule has 25 heavy (non-hydrogen) atoms. The van der Waals surface area contributed by atoms with Gasteiger partial charge in [-0.05, 0) is 49.2 Å². The van der Waals surface area contributed by atoms with E-state index >= 15 is 0 Å². The molecular formula is C18H21N3O4. The van der Waals surface area contributed by atoms with Gasteiger partial charge in [-0.3, -0.25) is 10.2 Å². The third-order valence-corrected chi connectivity index (χ3v) is 3.57. The molecule has 2 aromatic rings. The molecule has 0 saturated carbocycles. The lowest BCUT2D eigenvalue weighted by Crippen LogP contribution is -2.26. The van der Waals surface area contributed by atoms with E-state index in [1.807, 2.05) is 0 Å². The van der Waals surface area contributed by atoms with Gasteiger partial charge in [0, 0.05) is 18.2 Å². The van der Waals surface area contributed by atoms with Crippen LogP contribution in [0.4, 0.5) is 0 Å². The lowest BCUT2D eigenvalue weighted by molar-refractivity contribution is 0.0948. The average Bonchev–Trinajstić information content (AvgIpc) is 2.54. The van der Waals surface area contributed by atoms with E-state index in [1.165, 1.54) is 6.07 Å². The minimum absolute atomic E-state index is 0.00189. The highest BCUT2D eigenvalue weighted by Crippen LogP contribution is 2.26. The molecule has 0 spiro atoms. The normalized spacial score (nSPS) is 10.3. The number of hydrogen-bond donors (Lipinski definition) is 5. The number of aryl methyl sites for hydroxylation is 1. The van der Waals surface area contributed by atoms with Crippen molar-refractivity contribution >= 4 is 11.7 Å². The molecule has 2 aromatic carbocycles. The van der Waals surface area contributed by atoms with Crippen LogP contribution in [0.3, 0.4) is 0 Å². The van der Waals surface area contributed by atoms with Crippen LogP contribution in [0.5, 0.6) is 17.2 Å². The fourth-order valence-electron chi connectivity index (χ4n) is 2.33. The van der Waals surface area contributed by atoms with Gasteiger partial charge in [-0.2, -0.15) is 0 Å². The van der Waals surface area contributed by atoms with Crippen molar-refractivity contribution < 1.29 is 19.7 Å². The van der Waals surface area contributed by atoms with E-state index in [0.29, 0.717) is 36.4 Å². The molecule has 7 heteroatoms. The van der Waals surface area contributed by atoms with Gasteiger partial charge in [-0.15, -0.1) is 0 Å². The van der Waals surface area contributed by atoms with E-state index in [1.54, 1.807) is 31.2 Å². The minimum Gasteiger partial charge on any atom is -0.508 e. The zero-order valence-corrected chi connectivity index (χ0v) is 13.9. The number of carbonyl (C=O) groups is 1. The van der Waals surface area contributed by atoms with Crippen molar-refractivity contribution in [3.05, 3.63) is 53.1 Å². The van der Waals surface area contributed by atoms with Gasteiger partial charge in [0.25, 0.3) is 5.91 Å². The molecule has 132 valence electrons. The van der Waals surface area contributed by atoms with Gasteiger partial charge >= 0.3 is 0 Å². The van der Waals surface area contributed by atoms with Crippen molar-refractivity contribution in [3.63, 3.8) is 0 Å². The second kappa shape index (κ2) is 8.05.